The molecule has 37 heavy (non-hydrogen) atoms. The van der Waals surface area contributed by atoms with Crippen molar-refractivity contribution in [2.75, 3.05) is 45.5 Å². The Hall–Kier alpha value is -2.96. The lowest BCUT2D eigenvalue weighted by atomic mass is 9.86. The molecule has 2 aromatic rings. The van der Waals surface area contributed by atoms with Crippen LogP contribution in [0.25, 0.3) is 6.08 Å². The van der Waals surface area contributed by atoms with Gasteiger partial charge in [-0.1, -0.05) is 12.2 Å². The van der Waals surface area contributed by atoms with E-state index in [4.69, 9.17) is 4.42 Å². The van der Waals surface area contributed by atoms with Gasteiger partial charge in [0.1, 0.15) is 9.75 Å². The minimum absolute atomic E-state index is 0.166. The van der Waals surface area contributed by atoms with Gasteiger partial charge in [0.05, 0.1) is 11.1 Å². The highest BCUT2D eigenvalue weighted by Crippen LogP contribution is 2.37. The van der Waals surface area contributed by atoms with Crippen LogP contribution in [0.5, 0.6) is 0 Å². The standard InChI is InChI=1S/C25H30N4O6S2/c1-37(33,34)23-18-6-3-2-5-17(18)20(36-23)21(30)27-25(8-10-26-11-9-25)24(32)29-14-12-28(13-15-29)22(31)19-7-4-16-35-19/h3-4,6-7,16,26H,2,5,8-15H2,1H3,(H,27,30). The SMILES string of the molecule is CS(=O)(=O)c1sc(C(=O)NC2(C(=O)N3CCN(C(=O)c4ccco4)CC3)CCNCC2)c2c1C=CCC2. The third kappa shape index (κ3) is 4.97. The molecule has 5 rings (SSSR count). The molecule has 0 bridgehead atoms. The minimum Gasteiger partial charge on any atom is -0.459 e. The van der Waals surface area contributed by atoms with E-state index in [1.165, 1.54) is 6.26 Å². The van der Waals surface area contributed by atoms with Crippen LogP contribution in [0.1, 0.15) is 50.6 Å². The smallest absolute Gasteiger partial charge is 0.289 e. The van der Waals surface area contributed by atoms with Crippen molar-refractivity contribution >= 4 is 45.0 Å². The fourth-order valence-corrected chi connectivity index (χ4v) is 7.66. The summed E-state index contributed by atoms with van der Waals surface area (Å²) < 4.78 is 30.2. The molecule has 2 aliphatic heterocycles. The average Bonchev–Trinajstić information content (AvgIpc) is 3.57. The van der Waals surface area contributed by atoms with Crippen molar-refractivity contribution in [2.24, 2.45) is 0 Å². The highest BCUT2D eigenvalue weighted by molar-refractivity contribution is 7.92. The van der Waals surface area contributed by atoms with Crippen LogP contribution in [0.4, 0.5) is 0 Å². The van der Waals surface area contributed by atoms with Crippen LogP contribution in [-0.4, -0.2) is 87.0 Å². The highest BCUT2D eigenvalue weighted by atomic mass is 32.2. The van der Waals surface area contributed by atoms with E-state index < -0.39 is 21.3 Å². The van der Waals surface area contributed by atoms with Gasteiger partial charge in [0.2, 0.25) is 5.91 Å². The lowest BCUT2D eigenvalue weighted by Gasteiger charge is -2.43. The number of hydrogen-bond donors (Lipinski definition) is 2. The number of fused-ring (bicyclic) bond motifs is 1. The second kappa shape index (κ2) is 10.1. The van der Waals surface area contributed by atoms with Crippen LogP contribution in [0, 0.1) is 0 Å². The number of allylic oxidation sites excluding steroid dienone is 1. The molecule has 198 valence electrons. The van der Waals surface area contributed by atoms with Gasteiger partial charge in [0, 0.05) is 38.0 Å². The normalized spacial score (nSPS) is 19.4. The molecule has 12 heteroatoms. The molecule has 3 aliphatic rings. The van der Waals surface area contributed by atoms with E-state index in [1.54, 1.807) is 28.0 Å². The number of piperazine rings is 1. The maximum atomic E-state index is 13.9. The number of carbonyl (C=O) groups excluding carboxylic acids is 3. The maximum Gasteiger partial charge on any atom is 0.289 e. The lowest BCUT2D eigenvalue weighted by Crippen LogP contribution is -2.65. The zero-order valence-corrected chi connectivity index (χ0v) is 22.3. The van der Waals surface area contributed by atoms with E-state index in [0.29, 0.717) is 69.0 Å². The molecule has 0 saturated carbocycles. The van der Waals surface area contributed by atoms with Crippen molar-refractivity contribution < 1.29 is 27.2 Å². The van der Waals surface area contributed by atoms with Gasteiger partial charge in [-0.05, 0) is 56.5 Å². The van der Waals surface area contributed by atoms with Gasteiger partial charge in [-0.25, -0.2) is 8.42 Å². The van der Waals surface area contributed by atoms with Crippen molar-refractivity contribution in [3.8, 4) is 0 Å². The number of amides is 3. The Kier molecular flexibility index (Phi) is 6.99. The summed E-state index contributed by atoms with van der Waals surface area (Å²) in [5.41, 5.74) is 0.223. The Bertz CT molecular complexity index is 1330. The number of carbonyl (C=O) groups is 3. The van der Waals surface area contributed by atoms with Gasteiger partial charge >= 0.3 is 0 Å². The molecule has 2 aromatic heterocycles. The van der Waals surface area contributed by atoms with Gasteiger partial charge in [-0.2, -0.15) is 0 Å². The second-order valence-electron chi connectivity index (χ2n) is 9.67. The van der Waals surface area contributed by atoms with Gasteiger partial charge in [0.25, 0.3) is 11.8 Å². The van der Waals surface area contributed by atoms with E-state index in [0.717, 1.165) is 29.6 Å². The molecule has 2 fully saturated rings. The van der Waals surface area contributed by atoms with Crippen molar-refractivity contribution in [2.45, 2.75) is 35.4 Å². The number of nitrogens with one attached hydrogen (secondary N) is 2. The first-order valence-corrected chi connectivity index (χ1v) is 15.1. The quantitative estimate of drug-likeness (QED) is 0.582. The summed E-state index contributed by atoms with van der Waals surface area (Å²) >= 11 is 0.982. The average molecular weight is 547 g/mol. The summed E-state index contributed by atoms with van der Waals surface area (Å²) in [5.74, 6) is -0.515. The van der Waals surface area contributed by atoms with Crippen LogP contribution < -0.4 is 10.6 Å². The molecule has 2 N–H and O–H groups in total. The van der Waals surface area contributed by atoms with Gasteiger partial charge in [-0.3, -0.25) is 14.4 Å². The van der Waals surface area contributed by atoms with Crippen molar-refractivity contribution in [1.29, 1.82) is 0 Å². The van der Waals surface area contributed by atoms with Crippen molar-refractivity contribution in [3.05, 3.63) is 46.2 Å². The molecule has 2 saturated heterocycles. The summed E-state index contributed by atoms with van der Waals surface area (Å²) in [4.78, 5) is 43.8. The lowest BCUT2D eigenvalue weighted by molar-refractivity contribution is -0.140. The number of rotatable bonds is 5. The number of hydrogen-bond acceptors (Lipinski definition) is 8. The molecule has 0 radical (unpaired) electrons. The number of nitrogens with zero attached hydrogens (tertiary/aromatic N) is 2. The zero-order chi connectivity index (χ0) is 26.2. The van der Waals surface area contributed by atoms with Crippen LogP contribution >= 0.6 is 11.3 Å². The Morgan fingerprint density at radius 3 is 2.46 bits per heavy atom. The molecule has 0 atom stereocenters. The first kappa shape index (κ1) is 25.7. The highest BCUT2D eigenvalue weighted by Gasteiger charge is 2.45. The second-order valence-corrected chi connectivity index (χ2v) is 12.9. The predicted molar refractivity (Wildman–Crippen MR) is 138 cm³/mol. The van der Waals surface area contributed by atoms with Gasteiger partial charge in [-0.15, -0.1) is 11.3 Å². The first-order chi connectivity index (χ1) is 17.7. The molecule has 10 nitrogen and oxygen atoms in total. The van der Waals surface area contributed by atoms with Crippen LogP contribution in [-0.2, 0) is 21.1 Å². The van der Waals surface area contributed by atoms with Crippen LogP contribution in [0.2, 0.25) is 0 Å². The fraction of sp³-hybridized carbons (Fsp3) is 0.480. The topological polar surface area (TPSA) is 129 Å². The van der Waals surface area contributed by atoms with Gasteiger partial charge in [0.15, 0.2) is 15.6 Å². The number of furan rings is 1. The van der Waals surface area contributed by atoms with Crippen LogP contribution in [0.15, 0.2) is 33.1 Å². The molecule has 0 aromatic carbocycles. The summed E-state index contributed by atoms with van der Waals surface area (Å²) in [5, 5.41) is 6.29. The summed E-state index contributed by atoms with van der Waals surface area (Å²) in [6, 6.07) is 3.28. The molecular formula is C25H30N4O6S2. The Morgan fingerprint density at radius 1 is 1.11 bits per heavy atom. The summed E-state index contributed by atoms with van der Waals surface area (Å²) in [6.07, 6.45) is 8.45. The molecule has 4 heterocycles. The molecule has 3 amide bonds. The number of sulfone groups is 1. The summed E-state index contributed by atoms with van der Waals surface area (Å²) in [7, 11) is -3.50. The monoisotopic (exact) mass is 546 g/mol. The first-order valence-electron chi connectivity index (χ1n) is 12.4. The van der Waals surface area contributed by atoms with Crippen molar-refractivity contribution in [3.63, 3.8) is 0 Å². The molecule has 0 spiro atoms. The van der Waals surface area contributed by atoms with Gasteiger partial charge < -0.3 is 24.9 Å². The molecule has 0 unspecified atom stereocenters. The maximum absolute atomic E-state index is 13.9. The van der Waals surface area contributed by atoms with E-state index in [1.807, 2.05) is 6.08 Å². The number of thiophene rings is 1. The third-order valence-electron chi connectivity index (χ3n) is 7.21. The molecule has 1 aliphatic carbocycles. The summed E-state index contributed by atoms with van der Waals surface area (Å²) in [6.45, 7) is 2.60. The predicted octanol–water partition coefficient (Wildman–Crippen LogP) is 1.54. The van der Waals surface area contributed by atoms with E-state index >= 15 is 0 Å². The fourth-order valence-electron chi connectivity index (χ4n) is 5.25. The van der Waals surface area contributed by atoms with Crippen LogP contribution in [0.3, 0.4) is 0 Å². The van der Waals surface area contributed by atoms with E-state index in [-0.39, 0.29) is 21.8 Å². The number of piperidine rings is 1. The largest absolute Gasteiger partial charge is 0.459 e. The zero-order valence-electron chi connectivity index (χ0n) is 20.6. The van der Waals surface area contributed by atoms with Crippen molar-refractivity contribution in [1.82, 2.24) is 20.4 Å². The molecular weight excluding hydrogens is 516 g/mol. The van der Waals surface area contributed by atoms with E-state index in [9.17, 15) is 22.8 Å². The Balaban J connectivity index is 1.35. The Labute approximate surface area is 219 Å². The minimum atomic E-state index is -3.50. The third-order valence-corrected chi connectivity index (χ3v) is 10.3. The van der Waals surface area contributed by atoms with E-state index in [2.05, 4.69) is 10.6 Å². The Morgan fingerprint density at radius 2 is 1.81 bits per heavy atom.